The normalized spacial score (nSPS) is 11.1. The summed E-state index contributed by atoms with van der Waals surface area (Å²) in [6, 6.07) is 16.8. The Morgan fingerprint density at radius 3 is 2.75 bits per heavy atom. The quantitative estimate of drug-likeness (QED) is 0.764. The van der Waals surface area contributed by atoms with Crippen LogP contribution in [-0.4, -0.2) is 11.6 Å². The average Bonchev–Trinajstić information content (AvgIpc) is 2.82. The van der Waals surface area contributed by atoms with Crippen LogP contribution in [0.15, 0.2) is 54.7 Å². The largest absolute Gasteiger partial charge is 0.343 e. The van der Waals surface area contributed by atoms with Gasteiger partial charge in [0.2, 0.25) is 0 Å². The zero-order valence-electron chi connectivity index (χ0n) is 11.4. The van der Waals surface area contributed by atoms with Gasteiger partial charge in [0.15, 0.2) is 0 Å². The number of fused-ring (bicyclic) bond motifs is 1. The Morgan fingerprint density at radius 2 is 1.95 bits per heavy atom. The smallest absolute Gasteiger partial charge is 0.0486 e. The Hall–Kier alpha value is -1.77. The van der Waals surface area contributed by atoms with Gasteiger partial charge in [-0.3, -0.25) is 0 Å². The molecule has 1 aromatic heterocycles. The van der Waals surface area contributed by atoms with E-state index in [0.29, 0.717) is 0 Å². The van der Waals surface area contributed by atoms with E-state index in [4.69, 9.17) is 11.6 Å². The van der Waals surface area contributed by atoms with E-state index in [1.54, 1.807) is 0 Å². The molecule has 0 radical (unpaired) electrons. The van der Waals surface area contributed by atoms with Gasteiger partial charge in [0, 0.05) is 29.8 Å². The molecule has 2 aromatic carbocycles. The summed E-state index contributed by atoms with van der Waals surface area (Å²) in [5, 5.41) is 5.25. The van der Waals surface area contributed by atoms with Crippen LogP contribution >= 0.6 is 11.6 Å². The van der Waals surface area contributed by atoms with Crippen LogP contribution < -0.4 is 5.32 Å². The van der Waals surface area contributed by atoms with Crippen LogP contribution in [0.2, 0.25) is 5.02 Å². The summed E-state index contributed by atoms with van der Waals surface area (Å²) in [5.74, 6) is 0. The third kappa shape index (κ3) is 2.72. The van der Waals surface area contributed by atoms with Crippen LogP contribution in [0.1, 0.15) is 11.1 Å². The molecular formula is C17H17ClN2. The lowest BCUT2D eigenvalue weighted by Crippen LogP contribution is -2.05. The Labute approximate surface area is 124 Å². The lowest BCUT2D eigenvalue weighted by molar-refractivity contribution is 0.812. The molecule has 0 unspecified atom stereocenters. The van der Waals surface area contributed by atoms with Crippen molar-refractivity contribution in [1.29, 1.82) is 0 Å². The van der Waals surface area contributed by atoms with Crippen LogP contribution in [0.4, 0.5) is 0 Å². The highest BCUT2D eigenvalue weighted by molar-refractivity contribution is 6.30. The van der Waals surface area contributed by atoms with Gasteiger partial charge < -0.3 is 9.88 Å². The molecule has 0 saturated carbocycles. The molecule has 3 rings (SSSR count). The van der Waals surface area contributed by atoms with E-state index in [0.717, 1.165) is 18.1 Å². The van der Waals surface area contributed by atoms with E-state index in [-0.39, 0.29) is 0 Å². The molecule has 1 heterocycles. The summed E-state index contributed by atoms with van der Waals surface area (Å²) in [5.41, 5.74) is 3.78. The molecule has 1 N–H and O–H groups in total. The molecule has 0 aliphatic carbocycles. The first kappa shape index (κ1) is 13.2. The predicted molar refractivity (Wildman–Crippen MR) is 85.3 cm³/mol. The van der Waals surface area contributed by atoms with Crippen LogP contribution in [0.5, 0.6) is 0 Å². The minimum atomic E-state index is 0.787. The first-order chi connectivity index (χ1) is 9.76. The second kappa shape index (κ2) is 5.70. The Kier molecular flexibility index (Phi) is 3.77. The fourth-order valence-corrected chi connectivity index (χ4v) is 2.73. The summed E-state index contributed by atoms with van der Waals surface area (Å²) in [4.78, 5) is 0. The molecule has 0 fully saturated rings. The zero-order valence-corrected chi connectivity index (χ0v) is 12.2. The van der Waals surface area contributed by atoms with E-state index in [1.807, 2.05) is 25.2 Å². The third-order valence-electron chi connectivity index (χ3n) is 3.46. The second-order valence-corrected chi connectivity index (χ2v) is 5.43. The van der Waals surface area contributed by atoms with Crippen molar-refractivity contribution in [2.45, 2.75) is 13.1 Å². The topological polar surface area (TPSA) is 17.0 Å². The van der Waals surface area contributed by atoms with Gasteiger partial charge in [0.05, 0.1) is 0 Å². The molecule has 0 atom stereocenters. The molecule has 0 spiro atoms. The Bertz CT molecular complexity index is 731. The van der Waals surface area contributed by atoms with Crippen molar-refractivity contribution in [3.05, 3.63) is 70.9 Å². The van der Waals surface area contributed by atoms with Crippen molar-refractivity contribution in [2.24, 2.45) is 0 Å². The Balaban J connectivity index is 1.96. The molecular weight excluding hydrogens is 268 g/mol. The van der Waals surface area contributed by atoms with E-state index < -0.39 is 0 Å². The third-order valence-corrected chi connectivity index (χ3v) is 3.70. The summed E-state index contributed by atoms with van der Waals surface area (Å²) >= 11 is 6.05. The summed E-state index contributed by atoms with van der Waals surface area (Å²) < 4.78 is 2.26. The van der Waals surface area contributed by atoms with Gasteiger partial charge in [0.1, 0.15) is 0 Å². The van der Waals surface area contributed by atoms with Crippen LogP contribution in [0, 0.1) is 0 Å². The average molecular weight is 285 g/mol. The van der Waals surface area contributed by atoms with Crippen molar-refractivity contribution in [3.8, 4) is 0 Å². The molecule has 102 valence electrons. The van der Waals surface area contributed by atoms with E-state index in [9.17, 15) is 0 Å². The zero-order chi connectivity index (χ0) is 13.9. The van der Waals surface area contributed by atoms with Gasteiger partial charge in [-0.2, -0.15) is 0 Å². The number of nitrogens with zero attached hydrogens (tertiary/aromatic N) is 1. The number of hydrogen-bond acceptors (Lipinski definition) is 1. The fourth-order valence-electron chi connectivity index (χ4n) is 2.51. The number of rotatable bonds is 4. The number of aromatic nitrogens is 1. The van der Waals surface area contributed by atoms with Gasteiger partial charge in [-0.25, -0.2) is 0 Å². The van der Waals surface area contributed by atoms with Gasteiger partial charge in [-0.15, -0.1) is 0 Å². The van der Waals surface area contributed by atoms with Gasteiger partial charge in [-0.1, -0.05) is 35.9 Å². The Morgan fingerprint density at radius 1 is 1.05 bits per heavy atom. The maximum Gasteiger partial charge on any atom is 0.0486 e. The van der Waals surface area contributed by atoms with Crippen LogP contribution in [-0.2, 0) is 13.1 Å². The molecule has 20 heavy (non-hydrogen) atoms. The van der Waals surface area contributed by atoms with E-state index in [2.05, 4.69) is 46.4 Å². The predicted octanol–water partition coefficient (Wildman–Crippen LogP) is 4.06. The molecule has 3 heteroatoms. The highest BCUT2D eigenvalue weighted by Gasteiger charge is 2.03. The molecule has 0 saturated heterocycles. The van der Waals surface area contributed by atoms with Gasteiger partial charge >= 0.3 is 0 Å². The fraction of sp³-hybridized carbons (Fsp3) is 0.176. The monoisotopic (exact) mass is 284 g/mol. The minimum absolute atomic E-state index is 0.787. The standard InChI is InChI=1S/C17H17ClN2/c1-19-11-13-5-6-15-7-8-20(17(15)10-13)12-14-3-2-4-16(18)9-14/h2-10,19H,11-12H2,1H3. The summed E-state index contributed by atoms with van der Waals surface area (Å²) in [7, 11) is 1.97. The van der Waals surface area contributed by atoms with Gasteiger partial charge in [-0.05, 0) is 47.8 Å². The minimum Gasteiger partial charge on any atom is -0.343 e. The molecule has 0 amide bonds. The van der Waals surface area contributed by atoms with Crippen molar-refractivity contribution in [2.75, 3.05) is 7.05 Å². The molecule has 0 bridgehead atoms. The highest BCUT2D eigenvalue weighted by Crippen LogP contribution is 2.20. The number of nitrogens with one attached hydrogen (secondary N) is 1. The lowest BCUT2D eigenvalue weighted by atomic mass is 10.1. The van der Waals surface area contributed by atoms with E-state index >= 15 is 0 Å². The second-order valence-electron chi connectivity index (χ2n) is 5.00. The van der Waals surface area contributed by atoms with Crippen molar-refractivity contribution in [3.63, 3.8) is 0 Å². The molecule has 3 aromatic rings. The van der Waals surface area contributed by atoms with Crippen molar-refractivity contribution in [1.82, 2.24) is 9.88 Å². The van der Waals surface area contributed by atoms with Crippen molar-refractivity contribution < 1.29 is 0 Å². The number of benzene rings is 2. The summed E-state index contributed by atoms with van der Waals surface area (Å²) in [6.45, 7) is 1.73. The number of hydrogen-bond donors (Lipinski definition) is 1. The molecule has 0 aliphatic rings. The first-order valence-electron chi connectivity index (χ1n) is 6.73. The van der Waals surface area contributed by atoms with Crippen molar-refractivity contribution >= 4 is 22.5 Å². The lowest BCUT2D eigenvalue weighted by Gasteiger charge is -2.08. The molecule has 2 nitrogen and oxygen atoms in total. The first-order valence-corrected chi connectivity index (χ1v) is 7.11. The molecule has 0 aliphatic heterocycles. The summed E-state index contributed by atoms with van der Waals surface area (Å²) in [6.07, 6.45) is 2.13. The van der Waals surface area contributed by atoms with Gasteiger partial charge in [0.25, 0.3) is 0 Å². The highest BCUT2D eigenvalue weighted by atomic mass is 35.5. The maximum atomic E-state index is 6.05. The SMILES string of the molecule is CNCc1ccc2ccn(Cc3cccc(Cl)c3)c2c1. The van der Waals surface area contributed by atoms with E-state index in [1.165, 1.54) is 22.0 Å². The maximum absolute atomic E-state index is 6.05. The number of halogens is 1. The van der Waals surface area contributed by atoms with Crippen LogP contribution in [0.3, 0.4) is 0 Å². The van der Waals surface area contributed by atoms with Crippen LogP contribution in [0.25, 0.3) is 10.9 Å².